The zero-order valence-electron chi connectivity index (χ0n) is 13.1. The molecule has 6 nitrogen and oxygen atoms in total. The Balaban J connectivity index is 1.47. The largest absolute Gasteiger partial charge is 0.454 e. The fraction of sp³-hybridized carbons (Fsp3) is 0.222. The van der Waals surface area contributed by atoms with Gasteiger partial charge < -0.3 is 19.1 Å². The molecule has 1 amide bonds. The Morgan fingerprint density at radius 2 is 1.96 bits per heavy atom. The minimum atomic E-state index is -0.655. The van der Waals surface area contributed by atoms with Gasteiger partial charge >= 0.3 is 5.97 Å². The summed E-state index contributed by atoms with van der Waals surface area (Å²) in [6, 6.07) is 10.8. The molecule has 25 heavy (non-hydrogen) atoms. The summed E-state index contributed by atoms with van der Waals surface area (Å²) in [7, 11) is 0. The Kier molecular flexibility index (Phi) is 3.76. The third-order valence-electron chi connectivity index (χ3n) is 4.16. The van der Waals surface area contributed by atoms with Crippen LogP contribution in [0.2, 0.25) is 0 Å². The number of carbonyl (C=O) groups excluding carboxylic acids is 2. The molecule has 4 rings (SSSR count). The molecule has 2 aromatic rings. The number of hydrogen-bond acceptors (Lipinski definition) is 5. The average molecular weight is 343 g/mol. The molecule has 2 aliphatic heterocycles. The number of ether oxygens (including phenoxy) is 3. The van der Waals surface area contributed by atoms with E-state index in [1.807, 2.05) is 0 Å². The maximum atomic E-state index is 13.9. The molecule has 0 radical (unpaired) electrons. The molecule has 2 aliphatic rings. The van der Waals surface area contributed by atoms with E-state index in [4.69, 9.17) is 14.2 Å². The molecule has 0 N–H and O–H groups in total. The molecule has 0 unspecified atom stereocenters. The van der Waals surface area contributed by atoms with E-state index in [2.05, 4.69) is 0 Å². The first-order chi connectivity index (χ1) is 12.1. The van der Waals surface area contributed by atoms with Crippen LogP contribution in [-0.2, 0) is 9.59 Å². The highest BCUT2D eigenvalue weighted by molar-refractivity contribution is 5.99. The van der Waals surface area contributed by atoms with Gasteiger partial charge in [-0.15, -0.1) is 0 Å². The van der Waals surface area contributed by atoms with Crippen molar-refractivity contribution in [3.63, 3.8) is 0 Å². The zero-order chi connectivity index (χ0) is 17.4. The van der Waals surface area contributed by atoms with E-state index in [-0.39, 0.29) is 31.4 Å². The third kappa shape index (κ3) is 2.88. The van der Waals surface area contributed by atoms with E-state index in [1.165, 1.54) is 17.0 Å². The van der Waals surface area contributed by atoms with Gasteiger partial charge in [0.2, 0.25) is 12.7 Å². The second kappa shape index (κ2) is 6.08. The highest BCUT2D eigenvalue weighted by Gasteiger charge is 2.37. The highest BCUT2D eigenvalue weighted by atomic mass is 19.1. The van der Waals surface area contributed by atoms with Crippen LogP contribution in [-0.4, -0.2) is 25.2 Å². The first-order valence-corrected chi connectivity index (χ1v) is 7.78. The molecule has 128 valence electrons. The number of anilines is 1. The summed E-state index contributed by atoms with van der Waals surface area (Å²) in [5, 5.41) is 0. The lowest BCUT2D eigenvalue weighted by molar-refractivity contribution is -0.139. The van der Waals surface area contributed by atoms with Crippen LogP contribution in [0.5, 0.6) is 17.2 Å². The first kappa shape index (κ1) is 15.4. The van der Waals surface area contributed by atoms with E-state index < -0.39 is 17.7 Å². The van der Waals surface area contributed by atoms with Gasteiger partial charge in [0.1, 0.15) is 11.6 Å². The van der Waals surface area contributed by atoms with Gasteiger partial charge in [0.15, 0.2) is 11.5 Å². The standard InChI is InChI=1S/C18H14FNO5/c19-13-3-1-2-4-14(13)20-9-11(7-17(20)21)18(22)25-12-5-6-15-16(8-12)24-10-23-15/h1-6,8,11H,7,9-10H2/t11-/m0/s1. The quantitative estimate of drug-likeness (QED) is 0.633. The number of nitrogens with zero attached hydrogens (tertiary/aromatic N) is 1. The molecule has 7 heteroatoms. The molecule has 1 atom stereocenters. The summed E-state index contributed by atoms with van der Waals surface area (Å²) in [4.78, 5) is 25.8. The molecule has 2 heterocycles. The van der Waals surface area contributed by atoms with Crippen molar-refractivity contribution in [2.75, 3.05) is 18.2 Å². The Morgan fingerprint density at radius 3 is 2.80 bits per heavy atom. The van der Waals surface area contributed by atoms with Crippen LogP contribution in [0.4, 0.5) is 10.1 Å². The van der Waals surface area contributed by atoms with Crippen LogP contribution in [0.15, 0.2) is 42.5 Å². The summed E-state index contributed by atoms with van der Waals surface area (Å²) in [6.45, 7) is 0.213. The molecular weight excluding hydrogens is 329 g/mol. The number of hydrogen-bond donors (Lipinski definition) is 0. The van der Waals surface area contributed by atoms with Crippen molar-refractivity contribution in [1.82, 2.24) is 0 Å². The predicted molar refractivity (Wildman–Crippen MR) is 85.1 cm³/mol. The van der Waals surface area contributed by atoms with Crippen molar-refractivity contribution in [2.24, 2.45) is 5.92 Å². The topological polar surface area (TPSA) is 65.1 Å². The Hall–Kier alpha value is -3.09. The maximum Gasteiger partial charge on any atom is 0.316 e. The zero-order valence-corrected chi connectivity index (χ0v) is 13.1. The van der Waals surface area contributed by atoms with Crippen LogP contribution in [0.25, 0.3) is 0 Å². The van der Waals surface area contributed by atoms with Crippen LogP contribution < -0.4 is 19.1 Å². The summed E-state index contributed by atoms with van der Waals surface area (Å²) in [5.74, 6) is -0.602. The van der Waals surface area contributed by atoms with Crippen LogP contribution in [0.1, 0.15) is 6.42 Å². The monoisotopic (exact) mass is 343 g/mol. The van der Waals surface area contributed by atoms with Gasteiger partial charge in [0.25, 0.3) is 0 Å². The van der Waals surface area contributed by atoms with Crippen LogP contribution in [0, 0.1) is 11.7 Å². The summed E-state index contributed by atoms with van der Waals surface area (Å²) < 4.78 is 29.7. The minimum Gasteiger partial charge on any atom is -0.454 e. The lowest BCUT2D eigenvalue weighted by Crippen LogP contribution is -2.28. The minimum absolute atomic E-state index is 0.0162. The third-order valence-corrected chi connectivity index (χ3v) is 4.16. The normalized spacial score (nSPS) is 18.5. The number of halogens is 1. The summed E-state index contributed by atoms with van der Waals surface area (Å²) in [6.07, 6.45) is -0.0162. The predicted octanol–water partition coefficient (Wildman–Crippen LogP) is 2.51. The van der Waals surface area contributed by atoms with Crippen LogP contribution in [0.3, 0.4) is 0 Å². The molecule has 0 aromatic heterocycles. The van der Waals surface area contributed by atoms with E-state index in [1.54, 1.807) is 30.3 Å². The van der Waals surface area contributed by atoms with Gasteiger partial charge in [-0.05, 0) is 24.3 Å². The Labute approximate surface area is 142 Å². The molecule has 0 saturated carbocycles. The second-order valence-electron chi connectivity index (χ2n) is 5.79. The molecule has 0 aliphatic carbocycles. The van der Waals surface area contributed by atoms with Gasteiger partial charge in [-0.1, -0.05) is 12.1 Å². The van der Waals surface area contributed by atoms with Crippen molar-refractivity contribution in [1.29, 1.82) is 0 Å². The van der Waals surface area contributed by atoms with Gasteiger partial charge in [0.05, 0.1) is 11.6 Å². The van der Waals surface area contributed by atoms with Gasteiger partial charge in [-0.2, -0.15) is 0 Å². The molecule has 2 aromatic carbocycles. The number of fused-ring (bicyclic) bond motifs is 1. The SMILES string of the molecule is O=C(Oc1ccc2c(c1)OCO2)[C@H]1CC(=O)N(c2ccccc2F)C1. The Bertz CT molecular complexity index is 853. The van der Waals surface area contributed by atoms with Gasteiger partial charge in [0, 0.05) is 19.0 Å². The van der Waals surface area contributed by atoms with Gasteiger partial charge in [-0.25, -0.2) is 4.39 Å². The molecular formula is C18H14FNO5. The fourth-order valence-electron chi connectivity index (χ4n) is 2.91. The van der Waals surface area contributed by atoms with E-state index >= 15 is 0 Å². The Morgan fingerprint density at radius 1 is 1.16 bits per heavy atom. The molecule has 0 spiro atoms. The number of benzene rings is 2. The lowest BCUT2D eigenvalue weighted by Gasteiger charge is -2.17. The van der Waals surface area contributed by atoms with E-state index in [9.17, 15) is 14.0 Å². The second-order valence-corrected chi connectivity index (χ2v) is 5.79. The van der Waals surface area contributed by atoms with E-state index in [0.29, 0.717) is 17.2 Å². The smallest absolute Gasteiger partial charge is 0.316 e. The number of carbonyl (C=O) groups is 2. The first-order valence-electron chi connectivity index (χ1n) is 7.78. The number of amides is 1. The number of esters is 1. The lowest BCUT2D eigenvalue weighted by atomic mass is 10.1. The van der Waals surface area contributed by atoms with Crippen molar-refractivity contribution < 1.29 is 28.2 Å². The molecule has 1 fully saturated rings. The van der Waals surface area contributed by atoms with Crippen LogP contribution >= 0.6 is 0 Å². The van der Waals surface area contributed by atoms with Crippen molar-refractivity contribution in [2.45, 2.75) is 6.42 Å². The van der Waals surface area contributed by atoms with E-state index in [0.717, 1.165) is 0 Å². The summed E-state index contributed by atoms with van der Waals surface area (Å²) >= 11 is 0. The molecule has 0 bridgehead atoms. The van der Waals surface area contributed by atoms with Gasteiger partial charge in [-0.3, -0.25) is 9.59 Å². The number of para-hydroxylation sites is 1. The summed E-state index contributed by atoms with van der Waals surface area (Å²) in [5.41, 5.74) is 0.172. The highest BCUT2D eigenvalue weighted by Crippen LogP contribution is 2.35. The number of rotatable bonds is 3. The van der Waals surface area contributed by atoms with Crippen molar-refractivity contribution in [3.8, 4) is 17.2 Å². The maximum absolute atomic E-state index is 13.9. The van der Waals surface area contributed by atoms with Crippen molar-refractivity contribution in [3.05, 3.63) is 48.3 Å². The molecule has 1 saturated heterocycles. The fourth-order valence-corrected chi connectivity index (χ4v) is 2.91. The average Bonchev–Trinajstić information content (AvgIpc) is 3.21. The van der Waals surface area contributed by atoms with Crippen molar-refractivity contribution >= 4 is 17.6 Å².